The topological polar surface area (TPSA) is 331 Å². The molecule has 0 radical (unpaired) electrons. The van der Waals surface area contributed by atoms with Crippen molar-refractivity contribution < 1.29 is 62.4 Å². The van der Waals surface area contributed by atoms with E-state index in [1.807, 2.05) is 36.7 Å². The van der Waals surface area contributed by atoms with Crippen LogP contribution in [0.1, 0.15) is 85.8 Å². The molecule has 0 fully saturated rings. The zero-order chi connectivity index (χ0) is 54.6. The lowest BCUT2D eigenvalue weighted by molar-refractivity contribution is -0.179. The van der Waals surface area contributed by atoms with Gasteiger partial charge in [0.1, 0.15) is 34.7 Å². The molecule has 24 nitrogen and oxygen atoms in total. The Balaban J connectivity index is -0.000000370. The number of nitrogens with two attached hydrogens (primary N) is 3. The first-order valence-corrected chi connectivity index (χ1v) is 22.9. The molecule has 3 aromatic heterocycles. The summed E-state index contributed by atoms with van der Waals surface area (Å²) in [5.74, 6) is 2.00. The molecule has 0 aliphatic carbocycles. The highest BCUT2D eigenvalue weighted by Crippen LogP contribution is 2.18. The molecule has 8 N–H and O–H groups in total. The summed E-state index contributed by atoms with van der Waals surface area (Å²) in [6, 6.07) is 0. The third-order valence-corrected chi connectivity index (χ3v) is 8.87. The number of nitrogens with one attached hydrogen (secondary N) is 1. The molecule has 390 valence electrons. The molecule has 0 saturated heterocycles. The van der Waals surface area contributed by atoms with Crippen LogP contribution in [0.4, 0.5) is 0 Å². The highest BCUT2D eigenvalue weighted by atomic mass is 79.9. The zero-order valence-electron chi connectivity index (χ0n) is 41.7. The monoisotopic (exact) mass is 1100 g/mol. The van der Waals surface area contributed by atoms with Crippen LogP contribution in [-0.4, -0.2) is 165 Å². The Hall–Kier alpha value is -5.62. The number of nitrogens with zero attached hydrogens (tertiary/aromatic N) is 7. The summed E-state index contributed by atoms with van der Waals surface area (Å²) >= 11 is 13.4. The molecule has 3 aromatic rings. The van der Waals surface area contributed by atoms with Crippen molar-refractivity contribution in [1.29, 1.82) is 0 Å². The number of alkyl halides is 1. The van der Waals surface area contributed by atoms with Crippen molar-refractivity contribution in [3.05, 3.63) is 57.8 Å². The molecule has 3 rings (SSSR count). The summed E-state index contributed by atoms with van der Waals surface area (Å²) < 4.78 is 26.6. The summed E-state index contributed by atoms with van der Waals surface area (Å²) in [5.41, 5.74) is 15.0. The molecule has 28 heteroatoms. The van der Waals surface area contributed by atoms with Crippen molar-refractivity contribution >= 4 is 103 Å². The fourth-order valence-corrected chi connectivity index (χ4v) is 4.97. The maximum absolute atomic E-state index is 11.3. The van der Waals surface area contributed by atoms with Gasteiger partial charge in [-0.15, -0.1) is 11.3 Å². The predicted octanol–water partition coefficient (Wildman–Crippen LogP) is 3.00. The summed E-state index contributed by atoms with van der Waals surface area (Å²) in [4.78, 5) is 82.4. The van der Waals surface area contributed by atoms with Crippen LogP contribution in [0.25, 0.3) is 5.13 Å². The number of ether oxygens (including phenoxy) is 5. The average molecular weight is 1100 g/mol. The second-order valence-corrected chi connectivity index (χ2v) is 15.6. The maximum atomic E-state index is 11.3. The summed E-state index contributed by atoms with van der Waals surface area (Å²) in [5, 5.41) is 20.0. The maximum Gasteiger partial charge on any atom is 0.343 e. The largest absolute Gasteiger partial charge is 0.478 e. The second kappa shape index (κ2) is 40.3. The first kappa shape index (κ1) is 69.9. The van der Waals surface area contributed by atoms with E-state index in [1.54, 1.807) is 72.5 Å². The Kier molecular flexibility index (Phi) is 40.8. The van der Waals surface area contributed by atoms with Crippen LogP contribution in [-0.2, 0) is 47.7 Å². The molecule has 0 saturated carbocycles. The Morgan fingerprint density at radius 1 is 0.855 bits per heavy atom. The fraction of sp³-hybridized carbons (Fsp3) is 0.512. The van der Waals surface area contributed by atoms with Gasteiger partial charge in [0, 0.05) is 39.9 Å². The Morgan fingerprint density at radius 3 is 1.64 bits per heavy atom. The van der Waals surface area contributed by atoms with Crippen LogP contribution < -0.4 is 22.7 Å². The van der Waals surface area contributed by atoms with Crippen LogP contribution in [0.5, 0.6) is 0 Å². The molecule has 0 aliphatic rings. The first-order valence-electron chi connectivity index (χ1n) is 20.1. The highest BCUT2D eigenvalue weighted by molar-refractivity contribution is 9.09. The van der Waals surface area contributed by atoms with E-state index >= 15 is 0 Å². The quantitative estimate of drug-likeness (QED) is 0.0139. The zero-order valence-corrected chi connectivity index (χ0v) is 45.8. The van der Waals surface area contributed by atoms with E-state index in [9.17, 15) is 33.6 Å². The minimum Gasteiger partial charge on any atom is -0.478 e. The molecular formula is C41H68BrN11O13S3. The number of aryl methyl sites for hydroxylation is 1. The normalized spacial score (nSPS) is 9.81. The van der Waals surface area contributed by atoms with Crippen LogP contribution >= 0.6 is 51.7 Å². The van der Waals surface area contributed by atoms with E-state index in [2.05, 4.69) is 53.9 Å². The third-order valence-electron chi connectivity index (χ3n) is 6.86. The van der Waals surface area contributed by atoms with E-state index in [4.69, 9.17) is 47.7 Å². The summed E-state index contributed by atoms with van der Waals surface area (Å²) in [7, 11) is 10.5. The number of carbonyl (C=O) groups excluding carboxylic acids is 6. The van der Waals surface area contributed by atoms with Crippen LogP contribution in [0.2, 0.25) is 0 Å². The standard InChI is InChI=1S/C9H9N3O2S.C9H15NO3.C8H11N3O2S.C6H10O3.C5H13NO2.C3H5BrO.CH5N3S/c1-5-4-15-9(11-5)12-6(2)7(3-10-12)8(13)14;1-5-13-9(12)8(7(2)11)6-10(3)4;1-3-13-7(12)6-4-10-11(5(6)2)8(9)14;1-3-9-6(8)4-5(2)7;1-6(2)5(7-3)8-4;1-3(5)2-4;2-1(5)4-3/h3-4H,1-2H3,(H,13,14);6H,5H2,1-4H3;4H,3H2,1-2H3,(H2,9,14);3-4H2,1-2H3;5H,1-4H3;2H2,1H3;3H2,(H3,2,4,5)/b;8-6-;;;;;. The minimum atomic E-state index is -0.966. The highest BCUT2D eigenvalue weighted by Gasteiger charge is 2.17. The van der Waals surface area contributed by atoms with Gasteiger partial charge in [-0.3, -0.25) is 24.1 Å². The van der Waals surface area contributed by atoms with Crippen LogP contribution in [0.15, 0.2) is 29.5 Å². The number of aromatic carboxylic acids is 1. The lowest BCUT2D eigenvalue weighted by Crippen LogP contribution is -2.34. The van der Waals surface area contributed by atoms with E-state index in [1.165, 1.54) is 55.4 Å². The molecule has 0 amide bonds. The number of hydrazine groups is 1. The molecule has 0 atom stereocenters. The molecular weight excluding hydrogens is 1030 g/mol. The number of carboxylic acids is 1. The smallest absolute Gasteiger partial charge is 0.343 e. The molecule has 69 heavy (non-hydrogen) atoms. The SMILES string of the molecule is CC(=O)CBr.CCOC(=O)/C(=C\N(C)C)C(C)=O.CCOC(=O)CC(C)=O.CCOC(=O)c1cnn(C(N)=S)c1C.COC(OC)N(C)C.Cc1csc(-n2ncc(C(=O)O)c2C)n1.NNC(N)=S. The lowest BCUT2D eigenvalue weighted by Gasteiger charge is -2.19. The number of methoxy groups -OCH3 is 2. The number of thiocarbonyl (C=S) groups is 2. The molecule has 0 unspecified atom stereocenters. The number of hydrogen-bond acceptors (Lipinski definition) is 21. The van der Waals surface area contributed by atoms with Crippen molar-refractivity contribution in [3.8, 4) is 5.13 Å². The van der Waals surface area contributed by atoms with Gasteiger partial charge in [0.05, 0.1) is 54.6 Å². The van der Waals surface area contributed by atoms with E-state index < -0.39 is 23.9 Å². The molecule has 3 heterocycles. The number of hydrogen-bond donors (Lipinski definition) is 5. The van der Waals surface area contributed by atoms with Gasteiger partial charge in [0.2, 0.25) is 11.5 Å². The van der Waals surface area contributed by atoms with E-state index in [-0.39, 0.29) is 58.2 Å². The minimum absolute atomic E-state index is 0.0758. The number of carboxylic acid groups (broad SMARTS) is 1. The van der Waals surface area contributed by atoms with Crippen LogP contribution in [0.3, 0.4) is 0 Å². The van der Waals surface area contributed by atoms with Gasteiger partial charge in [-0.25, -0.2) is 34.6 Å². The van der Waals surface area contributed by atoms with Gasteiger partial charge in [0.15, 0.2) is 16.0 Å². The lowest BCUT2D eigenvalue weighted by atomic mass is 10.2. The number of rotatable bonds is 15. The average Bonchev–Trinajstić information content (AvgIpc) is 3.98. The number of aromatic nitrogens is 5. The van der Waals surface area contributed by atoms with Crippen molar-refractivity contribution in [1.82, 2.24) is 39.8 Å². The van der Waals surface area contributed by atoms with Crippen molar-refractivity contribution in [2.75, 3.05) is 67.6 Å². The molecule has 0 aromatic carbocycles. The third kappa shape index (κ3) is 33.5. The van der Waals surface area contributed by atoms with Gasteiger partial charge in [0.25, 0.3) is 0 Å². The first-order chi connectivity index (χ1) is 32.1. The molecule has 0 spiro atoms. The van der Waals surface area contributed by atoms with Crippen molar-refractivity contribution in [3.63, 3.8) is 0 Å². The van der Waals surface area contributed by atoms with Gasteiger partial charge in [-0.05, 0) is 101 Å². The number of esters is 3. The van der Waals surface area contributed by atoms with Crippen LogP contribution in [0, 0.1) is 20.8 Å². The second-order valence-electron chi connectivity index (χ2n) is 13.3. The fourth-order valence-electron chi connectivity index (χ4n) is 3.98. The van der Waals surface area contributed by atoms with Gasteiger partial charge in [-0.1, -0.05) is 15.9 Å². The van der Waals surface area contributed by atoms with Gasteiger partial charge in [-0.2, -0.15) is 10.2 Å². The van der Waals surface area contributed by atoms with Crippen molar-refractivity contribution in [2.45, 2.75) is 75.1 Å². The summed E-state index contributed by atoms with van der Waals surface area (Å²) in [6.07, 6.45) is 3.88. The Bertz CT molecular complexity index is 2090. The summed E-state index contributed by atoms with van der Waals surface area (Å²) in [6.45, 7) is 15.6. The predicted molar refractivity (Wildman–Crippen MR) is 272 cm³/mol. The molecule has 0 aliphatic heterocycles. The number of thiazole rings is 1. The number of halogens is 1. The Morgan fingerprint density at radius 2 is 1.35 bits per heavy atom. The Labute approximate surface area is 426 Å². The van der Waals surface area contributed by atoms with E-state index in [0.29, 0.717) is 40.6 Å². The van der Waals surface area contributed by atoms with E-state index in [0.717, 1.165) is 5.69 Å². The molecule has 0 bridgehead atoms. The van der Waals surface area contributed by atoms with Gasteiger partial charge >= 0.3 is 23.9 Å². The van der Waals surface area contributed by atoms with Gasteiger partial charge < -0.3 is 50.6 Å². The number of Topliss-reactive ketones (excluding diaryl/α,β-unsaturated/α-hetero) is 3. The number of carbonyl (C=O) groups is 7. The number of ketones is 3. The van der Waals surface area contributed by atoms with Crippen molar-refractivity contribution in [2.24, 2.45) is 17.3 Å².